The summed E-state index contributed by atoms with van der Waals surface area (Å²) in [6, 6.07) is 14.5. The zero-order valence-electron chi connectivity index (χ0n) is 15.9. The van der Waals surface area contributed by atoms with Crippen LogP contribution in [0.25, 0.3) is 0 Å². The second kappa shape index (κ2) is 8.71. The monoisotopic (exact) mass is 396 g/mol. The number of aryl methyl sites for hydroxylation is 1. The zero-order valence-corrected chi connectivity index (χ0v) is 16.7. The third-order valence-corrected chi connectivity index (χ3v) is 4.45. The Morgan fingerprint density at radius 3 is 2.39 bits per heavy atom. The summed E-state index contributed by atoms with van der Waals surface area (Å²) in [4.78, 5) is 20.6. The number of nitrogens with zero attached hydrogens (tertiary/aromatic N) is 2. The lowest BCUT2D eigenvalue weighted by Crippen LogP contribution is -2.05. The number of hydrogen-bond donors (Lipinski definition) is 2. The number of benzene rings is 2. The fourth-order valence-corrected chi connectivity index (χ4v) is 2.80. The summed E-state index contributed by atoms with van der Waals surface area (Å²) in [5.41, 5.74) is 3.14. The molecule has 7 heteroatoms. The van der Waals surface area contributed by atoms with Crippen molar-refractivity contribution in [1.82, 2.24) is 9.97 Å². The minimum atomic E-state index is -0.338. The highest BCUT2D eigenvalue weighted by atomic mass is 35.5. The molecule has 1 aromatic heterocycles. The molecule has 0 aliphatic heterocycles. The number of esters is 1. The van der Waals surface area contributed by atoms with E-state index in [9.17, 15) is 4.79 Å². The van der Waals surface area contributed by atoms with Gasteiger partial charge in [-0.3, -0.25) is 0 Å². The number of carbonyl (C=O) groups excluding carboxylic acids is 1. The van der Waals surface area contributed by atoms with Crippen molar-refractivity contribution in [3.63, 3.8) is 0 Å². The van der Waals surface area contributed by atoms with E-state index in [-0.39, 0.29) is 5.97 Å². The molecule has 3 rings (SSSR count). The van der Waals surface area contributed by atoms with Gasteiger partial charge in [0.15, 0.2) is 0 Å². The molecule has 0 aliphatic carbocycles. The lowest BCUT2D eigenvalue weighted by molar-refractivity contribution is 0.0526. The molecule has 0 radical (unpaired) electrons. The largest absolute Gasteiger partial charge is 0.462 e. The predicted octanol–water partition coefficient (Wildman–Crippen LogP) is 5.41. The molecule has 6 nitrogen and oxygen atoms in total. The molecular weight excluding hydrogens is 376 g/mol. The number of anilines is 4. The van der Waals surface area contributed by atoms with Crippen LogP contribution in [0, 0.1) is 13.8 Å². The van der Waals surface area contributed by atoms with E-state index >= 15 is 0 Å². The van der Waals surface area contributed by atoms with Crippen LogP contribution in [0.5, 0.6) is 0 Å². The van der Waals surface area contributed by atoms with E-state index in [0.29, 0.717) is 34.7 Å². The number of aromatic nitrogens is 2. The summed E-state index contributed by atoms with van der Waals surface area (Å²) in [5, 5.41) is 7.20. The Balaban J connectivity index is 1.78. The van der Waals surface area contributed by atoms with E-state index in [0.717, 1.165) is 16.9 Å². The number of ether oxygens (including phenoxy) is 1. The molecule has 2 aromatic carbocycles. The fourth-order valence-electron chi connectivity index (χ4n) is 2.63. The van der Waals surface area contributed by atoms with Crippen molar-refractivity contribution in [3.05, 3.63) is 70.5 Å². The Hall–Kier alpha value is -3.12. The van der Waals surface area contributed by atoms with Crippen LogP contribution in [0.4, 0.5) is 23.0 Å². The lowest BCUT2D eigenvalue weighted by Gasteiger charge is -2.12. The molecule has 0 aliphatic rings. The van der Waals surface area contributed by atoms with Gasteiger partial charge in [0.1, 0.15) is 17.5 Å². The second-order valence-electron chi connectivity index (χ2n) is 6.15. The Morgan fingerprint density at radius 2 is 1.71 bits per heavy atom. The van der Waals surface area contributed by atoms with Crippen molar-refractivity contribution in [2.24, 2.45) is 0 Å². The first-order valence-electron chi connectivity index (χ1n) is 8.88. The summed E-state index contributed by atoms with van der Waals surface area (Å²) in [7, 11) is 0. The van der Waals surface area contributed by atoms with Crippen LogP contribution < -0.4 is 10.6 Å². The molecule has 0 saturated carbocycles. The van der Waals surface area contributed by atoms with Gasteiger partial charge in [-0.1, -0.05) is 17.7 Å². The molecule has 1 heterocycles. The van der Waals surface area contributed by atoms with Gasteiger partial charge in [0, 0.05) is 22.5 Å². The highest BCUT2D eigenvalue weighted by molar-refractivity contribution is 6.31. The third-order valence-electron chi connectivity index (χ3n) is 4.04. The van der Waals surface area contributed by atoms with Crippen LogP contribution in [0.2, 0.25) is 5.02 Å². The van der Waals surface area contributed by atoms with E-state index in [4.69, 9.17) is 16.3 Å². The van der Waals surface area contributed by atoms with E-state index in [1.807, 2.05) is 38.1 Å². The quantitative estimate of drug-likeness (QED) is 0.542. The molecule has 0 bridgehead atoms. The van der Waals surface area contributed by atoms with E-state index in [2.05, 4.69) is 20.6 Å². The highest BCUT2D eigenvalue weighted by Crippen LogP contribution is 2.26. The average molecular weight is 397 g/mol. The first-order chi connectivity index (χ1) is 13.5. The van der Waals surface area contributed by atoms with Crippen molar-refractivity contribution in [3.8, 4) is 0 Å². The van der Waals surface area contributed by atoms with Crippen molar-refractivity contribution < 1.29 is 9.53 Å². The van der Waals surface area contributed by atoms with Crippen molar-refractivity contribution in [2.75, 3.05) is 17.2 Å². The second-order valence-corrected chi connectivity index (χ2v) is 6.55. The standard InChI is InChI=1S/C21H21ClN4O2/c1-4-28-21(27)15-8-10-16(11-9-15)25-19-12-20(24-14(3)23-19)26-18-7-5-6-17(22)13(18)2/h5-12H,4H2,1-3H3,(H2,23,24,25,26). The van der Waals surface area contributed by atoms with Gasteiger partial charge >= 0.3 is 5.97 Å². The fraction of sp³-hybridized carbons (Fsp3) is 0.190. The number of halogens is 1. The molecule has 0 fully saturated rings. The van der Waals surface area contributed by atoms with E-state index in [1.54, 1.807) is 31.2 Å². The van der Waals surface area contributed by atoms with Crippen LogP contribution in [-0.4, -0.2) is 22.5 Å². The van der Waals surface area contributed by atoms with E-state index in [1.165, 1.54) is 0 Å². The summed E-state index contributed by atoms with van der Waals surface area (Å²) in [6.45, 7) is 5.90. The molecule has 0 atom stereocenters. The minimum Gasteiger partial charge on any atom is -0.462 e. The van der Waals surface area contributed by atoms with Crippen LogP contribution in [0.15, 0.2) is 48.5 Å². The van der Waals surface area contributed by atoms with Crippen LogP contribution >= 0.6 is 11.6 Å². The molecule has 0 amide bonds. The van der Waals surface area contributed by atoms with E-state index < -0.39 is 0 Å². The summed E-state index contributed by atoms with van der Waals surface area (Å²) >= 11 is 6.19. The Labute approximate surface area is 168 Å². The number of hydrogen-bond acceptors (Lipinski definition) is 6. The SMILES string of the molecule is CCOC(=O)c1ccc(Nc2cc(Nc3cccc(Cl)c3C)nc(C)n2)cc1. The van der Waals surface area contributed by atoms with Gasteiger partial charge in [-0.05, 0) is 62.7 Å². The first-order valence-corrected chi connectivity index (χ1v) is 9.26. The Bertz CT molecular complexity index is 990. The van der Waals surface area contributed by atoms with Gasteiger partial charge in [0.05, 0.1) is 12.2 Å². The molecule has 2 N–H and O–H groups in total. The maximum absolute atomic E-state index is 11.7. The Kier molecular flexibility index (Phi) is 6.11. The topological polar surface area (TPSA) is 76.1 Å². The lowest BCUT2D eigenvalue weighted by atomic mass is 10.2. The van der Waals surface area contributed by atoms with Gasteiger partial charge in [-0.25, -0.2) is 14.8 Å². The van der Waals surface area contributed by atoms with Crippen molar-refractivity contribution >= 4 is 40.6 Å². The molecular formula is C21H21ClN4O2. The molecule has 0 saturated heterocycles. The van der Waals surface area contributed by atoms with Crippen LogP contribution in [-0.2, 0) is 4.74 Å². The normalized spacial score (nSPS) is 10.4. The summed E-state index contributed by atoms with van der Waals surface area (Å²) in [6.07, 6.45) is 0. The number of carbonyl (C=O) groups is 1. The smallest absolute Gasteiger partial charge is 0.338 e. The van der Waals surface area contributed by atoms with Crippen molar-refractivity contribution in [1.29, 1.82) is 0 Å². The average Bonchev–Trinajstić information content (AvgIpc) is 2.66. The van der Waals surface area contributed by atoms with Gasteiger partial charge in [-0.15, -0.1) is 0 Å². The summed E-state index contributed by atoms with van der Waals surface area (Å²) in [5.74, 6) is 1.58. The molecule has 28 heavy (non-hydrogen) atoms. The van der Waals surface area contributed by atoms with Gasteiger partial charge < -0.3 is 15.4 Å². The maximum Gasteiger partial charge on any atom is 0.338 e. The van der Waals surface area contributed by atoms with Gasteiger partial charge in [0.25, 0.3) is 0 Å². The molecule has 0 spiro atoms. The summed E-state index contributed by atoms with van der Waals surface area (Å²) < 4.78 is 4.99. The first kappa shape index (κ1) is 19.6. The van der Waals surface area contributed by atoms with Gasteiger partial charge in [-0.2, -0.15) is 0 Å². The maximum atomic E-state index is 11.7. The predicted molar refractivity (Wildman–Crippen MR) is 112 cm³/mol. The van der Waals surface area contributed by atoms with Crippen molar-refractivity contribution in [2.45, 2.75) is 20.8 Å². The highest BCUT2D eigenvalue weighted by Gasteiger charge is 2.08. The number of nitrogens with one attached hydrogen (secondary N) is 2. The van der Waals surface area contributed by atoms with Crippen LogP contribution in [0.1, 0.15) is 28.7 Å². The zero-order chi connectivity index (χ0) is 20.1. The molecule has 3 aromatic rings. The molecule has 144 valence electrons. The van der Waals surface area contributed by atoms with Gasteiger partial charge in [0.2, 0.25) is 0 Å². The minimum absolute atomic E-state index is 0.338. The number of rotatable bonds is 6. The third kappa shape index (κ3) is 4.78. The molecule has 0 unspecified atom stereocenters. The Morgan fingerprint density at radius 1 is 1.04 bits per heavy atom. The van der Waals surface area contributed by atoms with Crippen LogP contribution in [0.3, 0.4) is 0 Å².